The summed E-state index contributed by atoms with van der Waals surface area (Å²) in [5.74, 6) is 0.663. The van der Waals surface area contributed by atoms with Crippen LogP contribution in [-0.4, -0.2) is 11.1 Å². The standard InChI is InChI=1S/C9H14N2O/c1-6(2)12-9-5-11-7(3)4-8(9)10/h4-6H,1-3H3,(H2,10,11). The van der Waals surface area contributed by atoms with E-state index in [1.807, 2.05) is 20.8 Å². The number of aromatic nitrogens is 1. The van der Waals surface area contributed by atoms with Gasteiger partial charge in [0.25, 0.3) is 0 Å². The highest BCUT2D eigenvalue weighted by molar-refractivity contribution is 5.51. The van der Waals surface area contributed by atoms with Crippen LogP contribution in [0.2, 0.25) is 0 Å². The molecule has 2 N–H and O–H groups in total. The molecule has 0 aliphatic heterocycles. The highest BCUT2D eigenvalue weighted by Crippen LogP contribution is 2.20. The molecule has 0 spiro atoms. The van der Waals surface area contributed by atoms with E-state index in [1.54, 1.807) is 12.3 Å². The van der Waals surface area contributed by atoms with E-state index < -0.39 is 0 Å². The summed E-state index contributed by atoms with van der Waals surface area (Å²) >= 11 is 0. The molecule has 66 valence electrons. The first kappa shape index (κ1) is 8.84. The van der Waals surface area contributed by atoms with Gasteiger partial charge in [-0.1, -0.05) is 0 Å². The lowest BCUT2D eigenvalue weighted by Crippen LogP contribution is -2.07. The number of hydrogen-bond donors (Lipinski definition) is 1. The first-order valence-electron chi connectivity index (χ1n) is 3.98. The van der Waals surface area contributed by atoms with Crippen molar-refractivity contribution in [3.63, 3.8) is 0 Å². The zero-order chi connectivity index (χ0) is 9.14. The number of nitrogens with zero attached hydrogens (tertiary/aromatic N) is 1. The number of aryl methyl sites for hydroxylation is 1. The molecule has 0 saturated carbocycles. The van der Waals surface area contributed by atoms with Crippen molar-refractivity contribution in [3.05, 3.63) is 18.0 Å². The number of nitrogens with two attached hydrogens (primary N) is 1. The Morgan fingerprint density at radius 3 is 2.67 bits per heavy atom. The summed E-state index contributed by atoms with van der Waals surface area (Å²) in [6.07, 6.45) is 1.79. The van der Waals surface area contributed by atoms with Crippen LogP contribution in [0.25, 0.3) is 0 Å². The molecule has 1 heterocycles. The van der Waals surface area contributed by atoms with Gasteiger partial charge in [0.15, 0.2) is 5.75 Å². The lowest BCUT2D eigenvalue weighted by molar-refractivity contribution is 0.243. The second-order valence-corrected chi connectivity index (χ2v) is 3.03. The average molecular weight is 166 g/mol. The summed E-state index contributed by atoms with van der Waals surface area (Å²) < 4.78 is 5.41. The molecule has 1 aromatic rings. The van der Waals surface area contributed by atoms with Crippen molar-refractivity contribution in [2.75, 3.05) is 5.73 Å². The SMILES string of the molecule is Cc1cc(N)c(OC(C)C)cn1. The maximum atomic E-state index is 5.70. The van der Waals surface area contributed by atoms with Crippen LogP contribution in [-0.2, 0) is 0 Å². The lowest BCUT2D eigenvalue weighted by atomic mass is 10.3. The van der Waals surface area contributed by atoms with Crippen LogP contribution in [0.4, 0.5) is 5.69 Å². The van der Waals surface area contributed by atoms with Crippen molar-refractivity contribution in [2.45, 2.75) is 26.9 Å². The highest BCUT2D eigenvalue weighted by atomic mass is 16.5. The van der Waals surface area contributed by atoms with E-state index in [4.69, 9.17) is 10.5 Å². The predicted molar refractivity (Wildman–Crippen MR) is 49.2 cm³/mol. The molecule has 0 bridgehead atoms. The number of ether oxygens (including phenoxy) is 1. The van der Waals surface area contributed by atoms with Gasteiger partial charge in [-0.05, 0) is 26.8 Å². The lowest BCUT2D eigenvalue weighted by Gasteiger charge is -2.11. The largest absolute Gasteiger partial charge is 0.487 e. The van der Waals surface area contributed by atoms with Gasteiger partial charge in [-0.25, -0.2) is 0 Å². The Morgan fingerprint density at radius 2 is 2.17 bits per heavy atom. The van der Waals surface area contributed by atoms with Crippen molar-refractivity contribution in [3.8, 4) is 5.75 Å². The van der Waals surface area contributed by atoms with Crippen molar-refractivity contribution < 1.29 is 4.74 Å². The zero-order valence-electron chi connectivity index (χ0n) is 7.66. The molecule has 0 saturated heterocycles. The van der Waals surface area contributed by atoms with Gasteiger partial charge in [0.2, 0.25) is 0 Å². The van der Waals surface area contributed by atoms with E-state index in [9.17, 15) is 0 Å². The molecule has 0 fully saturated rings. The van der Waals surface area contributed by atoms with Gasteiger partial charge < -0.3 is 10.5 Å². The van der Waals surface area contributed by atoms with Crippen LogP contribution in [0.1, 0.15) is 19.5 Å². The van der Waals surface area contributed by atoms with E-state index in [1.165, 1.54) is 0 Å². The molecule has 0 amide bonds. The summed E-state index contributed by atoms with van der Waals surface area (Å²) in [6, 6.07) is 1.80. The Bertz CT molecular complexity index is 271. The third kappa shape index (κ3) is 2.12. The summed E-state index contributed by atoms with van der Waals surface area (Å²) in [5.41, 5.74) is 7.26. The predicted octanol–water partition coefficient (Wildman–Crippen LogP) is 1.76. The van der Waals surface area contributed by atoms with Crippen LogP contribution >= 0.6 is 0 Å². The van der Waals surface area contributed by atoms with Gasteiger partial charge in [-0.3, -0.25) is 4.98 Å². The van der Waals surface area contributed by atoms with Crippen molar-refractivity contribution in [2.24, 2.45) is 0 Å². The Labute approximate surface area is 72.6 Å². The zero-order valence-corrected chi connectivity index (χ0v) is 7.66. The fourth-order valence-electron chi connectivity index (χ4n) is 0.921. The Hall–Kier alpha value is -1.25. The van der Waals surface area contributed by atoms with Gasteiger partial charge in [0, 0.05) is 5.69 Å². The van der Waals surface area contributed by atoms with Gasteiger partial charge >= 0.3 is 0 Å². The minimum Gasteiger partial charge on any atom is -0.487 e. The first-order valence-corrected chi connectivity index (χ1v) is 3.98. The highest BCUT2D eigenvalue weighted by Gasteiger charge is 2.02. The number of rotatable bonds is 2. The van der Waals surface area contributed by atoms with E-state index in [-0.39, 0.29) is 6.10 Å². The second-order valence-electron chi connectivity index (χ2n) is 3.03. The van der Waals surface area contributed by atoms with Crippen LogP contribution in [0.15, 0.2) is 12.3 Å². The third-order valence-corrected chi connectivity index (χ3v) is 1.40. The van der Waals surface area contributed by atoms with Crippen LogP contribution < -0.4 is 10.5 Å². The van der Waals surface area contributed by atoms with Crippen LogP contribution in [0.5, 0.6) is 5.75 Å². The van der Waals surface area contributed by atoms with Crippen molar-refractivity contribution >= 4 is 5.69 Å². The Kier molecular flexibility index (Phi) is 2.53. The molecule has 12 heavy (non-hydrogen) atoms. The molecule has 1 aromatic heterocycles. The average Bonchev–Trinajstić information content (AvgIpc) is 1.94. The van der Waals surface area contributed by atoms with E-state index >= 15 is 0 Å². The molecule has 0 radical (unpaired) electrons. The Balaban J connectivity index is 2.86. The topological polar surface area (TPSA) is 48.1 Å². The molecule has 0 aliphatic rings. The molecule has 0 unspecified atom stereocenters. The minimum atomic E-state index is 0.136. The maximum absolute atomic E-state index is 5.70. The maximum Gasteiger partial charge on any atom is 0.160 e. The molecular weight excluding hydrogens is 152 g/mol. The van der Waals surface area contributed by atoms with Crippen LogP contribution in [0.3, 0.4) is 0 Å². The van der Waals surface area contributed by atoms with Gasteiger partial charge in [0.05, 0.1) is 18.0 Å². The number of hydrogen-bond acceptors (Lipinski definition) is 3. The molecule has 3 nitrogen and oxygen atoms in total. The molecule has 3 heteroatoms. The van der Waals surface area contributed by atoms with Crippen molar-refractivity contribution in [1.29, 1.82) is 0 Å². The van der Waals surface area contributed by atoms with Crippen molar-refractivity contribution in [1.82, 2.24) is 4.98 Å². The van der Waals surface area contributed by atoms with Crippen LogP contribution in [0, 0.1) is 6.92 Å². The molecule has 0 aromatic carbocycles. The molecule has 1 rings (SSSR count). The minimum absolute atomic E-state index is 0.136. The number of pyridine rings is 1. The molecular formula is C9H14N2O. The van der Waals surface area contributed by atoms with Gasteiger partial charge in [0.1, 0.15) is 0 Å². The fraction of sp³-hybridized carbons (Fsp3) is 0.444. The molecule has 0 aliphatic carbocycles. The monoisotopic (exact) mass is 166 g/mol. The van der Waals surface area contributed by atoms with E-state index in [0.29, 0.717) is 11.4 Å². The Morgan fingerprint density at radius 1 is 1.50 bits per heavy atom. The van der Waals surface area contributed by atoms with E-state index in [0.717, 1.165) is 5.69 Å². The fourth-order valence-corrected chi connectivity index (χ4v) is 0.921. The van der Waals surface area contributed by atoms with Gasteiger partial charge in [-0.15, -0.1) is 0 Å². The summed E-state index contributed by atoms with van der Waals surface area (Å²) in [6.45, 7) is 5.81. The van der Waals surface area contributed by atoms with E-state index in [2.05, 4.69) is 4.98 Å². The summed E-state index contributed by atoms with van der Waals surface area (Å²) in [7, 11) is 0. The first-order chi connectivity index (χ1) is 5.59. The smallest absolute Gasteiger partial charge is 0.160 e. The molecule has 0 atom stereocenters. The quantitative estimate of drug-likeness (QED) is 0.728. The summed E-state index contributed by atoms with van der Waals surface area (Å²) in [4.78, 5) is 4.09. The number of anilines is 1. The third-order valence-electron chi connectivity index (χ3n) is 1.40. The summed E-state index contributed by atoms with van der Waals surface area (Å²) in [5, 5.41) is 0. The normalized spacial score (nSPS) is 10.3. The van der Waals surface area contributed by atoms with Gasteiger partial charge in [-0.2, -0.15) is 0 Å². The number of nitrogen functional groups attached to an aromatic ring is 1. The second kappa shape index (κ2) is 3.43.